The van der Waals surface area contributed by atoms with Crippen molar-refractivity contribution in [2.45, 2.75) is 0 Å². The van der Waals surface area contributed by atoms with Gasteiger partial charge in [0, 0.05) is 18.5 Å². The largest absolute Gasteiger partial charge is 0.497 e. The average Bonchev–Trinajstić information content (AvgIpc) is 2.70. The van der Waals surface area contributed by atoms with Crippen molar-refractivity contribution >= 4 is 23.0 Å². The molecule has 1 N–H and O–H groups in total. The lowest BCUT2D eigenvalue weighted by Gasteiger charge is -2.10. The van der Waals surface area contributed by atoms with Crippen LogP contribution in [0.3, 0.4) is 0 Å². The van der Waals surface area contributed by atoms with E-state index in [-0.39, 0.29) is 12.2 Å². The molecule has 0 aliphatic carbocycles. The van der Waals surface area contributed by atoms with Crippen LogP contribution in [-0.2, 0) is 11.8 Å². The number of carbonyl (C=O) groups is 1. The normalized spacial score (nSPS) is 10.9. The zero-order valence-corrected chi connectivity index (χ0v) is 15.0. The predicted molar refractivity (Wildman–Crippen MR) is 103 cm³/mol. The van der Waals surface area contributed by atoms with Crippen molar-refractivity contribution in [1.82, 2.24) is 9.99 Å². The van der Waals surface area contributed by atoms with Gasteiger partial charge in [0.2, 0.25) is 0 Å². The quantitative estimate of drug-likeness (QED) is 0.536. The molecule has 0 spiro atoms. The van der Waals surface area contributed by atoms with Crippen molar-refractivity contribution in [3.63, 3.8) is 0 Å². The van der Waals surface area contributed by atoms with Crippen LogP contribution in [-0.4, -0.2) is 30.4 Å². The molecule has 0 saturated heterocycles. The summed E-state index contributed by atoms with van der Waals surface area (Å²) in [5.41, 5.74) is 3.74. The molecule has 0 unspecified atom stereocenters. The number of pyridine rings is 1. The van der Waals surface area contributed by atoms with Crippen molar-refractivity contribution in [1.29, 1.82) is 0 Å². The van der Waals surface area contributed by atoms with E-state index in [1.165, 1.54) is 16.8 Å². The number of para-hydroxylation sites is 1. The standard InChI is InChI=1S/C20H19N3O4/c1-23-17-6-4-3-5-16(17)18(11-20(23)25)27-13-19(24)22-21-12-14-7-9-15(26-2)10-8-14/h3-12H,13H2,1-2H3,(H,22,24)/b21-12+. The summed E-state index contributed by atoms with van der Waals surface area (Å²) in [6.45, 7) is -0.253. The fraction of sp³-hybridized carbons (Fsp3) is 0.150. The fourth-order valence-corrected chi connectivity index (χ4v) is 2.54. The number of carbonyl (C=O) groups excluding carboxylic acids is 1. The van der Waals surface area contributed by atoms with Crippen molar-refractivity contribution in [2.24, 2.45) is 12.1 Å². The van der Waals surface area contributed by atoms with Gasteiger partial charge in [-0.2, -0.15) is 5.10 Å². The first kappa shape index (κ1) is 18.2. The number of hydrazone groups is 1. The van der Waals surface area contributed by atoms with Crippen molar-refractivity contribution in [3.8, 4) is 11.5 Å². The summed E-state index contributed by atoms with van der Waals surface area (Å²) in [4.78, 5) is 24.0. The Bertz CT molecular complexity index is 1040. The van der Waals surface area contributed by atoms with E-state index in [0.29, 0.717) is 5.75 Å². The smallest absolute Gasteiger partial charge is 0.277 e. The maximum atomic E-state index is 12.0. The lowest BCUT2D eigenvalue weighted by Crippen LogP contribution is -2.25. The van der Waals surface area contributed by atoms with Crippen LogP contribution in [0.4, 0.5) is 0 Å². The second-order valence-electron chi connectivity index (χ2n) is 5.78. The topological polar surface area (TPSA) is 81.9 Å². The zero-order valence-electron chi connectivity index (χ0n) is 15.0. The SMILES string of the molecule is COc1ccc(/C=N/NC(=O)COc2cc(=O)n(C)c3ccccc23)cc1. The number of amides is 1. The van der Waals surface area contributed by atoms with Crippen LogP contribution in [0.5, 0.6) is 11.5 Å². The number of nitrogens with one attached hydrogen (secondary N) is 1. The number of benzene rings is 2. The molecule has 1 aromatic heterocycles. The number of nitrogens with zero attached hydrogens (tertiary/aromatic N) is 2. The first-order valence-electron chi connectivity index (χ1n) is 8.26. The lowest BCUT2D eigenvalue weighted by atomic mass is 10.2. The number of fused-ring (bicyclic) bond motifs is 1. The average molecular weight is 365 g/mol. The number of aromatic nitrogens is 1. The van der Waals surface area contributed by atoms with Gasteiger partial charge in [0.25, 0.3) is 11.5 Å². The molecule has 27 heavy (non-hydrogen) atoms. The molecule has 1 amide bonds. The number of hydrogen-bond acceptors (Lipinski definition) is 5. The first-order valence-corrected chi connectivity index (χ1v) is 8.26. The zero-order chi connectivity index (χ0) is 19.2. The maximum absolute atomic E-state index is 12.0. The van der Waals surface area contributed by atoms with Gasteiger partial charge < -0.3 is 14.0 Å². The molecule has 0 saturated carbocycles. The van der Waals surface area contributed by atoms with Gasteiger partial charge in [-0.05, 0) is 42.0 Å². The van der Waals surface area contributed by atoms with Gasteiger partial charge in [0.1, 0.15) is 11.5 Å². The summed E-state index contributed by atoms with van der Waals surface area (Å²) in [6, 6.07) is 15.9. The fourth-order valence-electron chi connectivity index (χ4n) is 2.54. The monoisotopic (exact) mass is 365 g/mol. The van der Waals surface area contributed by atoms with Gasteiger partial charge in [-0.3, -0.25) is 9.59 Å². The van der Waals surface area contributed by atoms with Gasteiger partial charge in [0.15, 0.2) is 6.61 Å². The molecule has 0 radical (unpaired) electrons. The van der Waals surface area contributed by atoms with E-state index in [1.54, 1.807) is 26.3 Å². The number of methoxy groups -OCH3 is 1. The van der Waals surface area contributed by atoms with Crippen LogP contribution in [0, 0.1) is 0 Å². The molecule has 0 fully saturated rings. The molecule has 0 aliphatic rings. The predicted octanol–water partition coefficient (Wildman–Crippen LogP) is 2.08. The van der Waals surface area contributed by atoms with Crippen LogP contribution in [0.2, 0.25) is 0 Å². The Balaban J connectivity index is 1.62. The molecular formula is C20H19N3O4. The minimum Gasteiger partial charge on any atom is -0.497 e. The highest BCUT2D eigenvalue weighted by Crippen LogP contribution is 2.22. The molecule has 2 aromatic carbocycles. The molecule has 0 atom stereocenters. The highest BCUT2D eigenvalue weighted by Gasteiger charge is 2.09. The van der Waals surface area contributed by atoms with E-state index in [1.807, 2.05) is 36.4 Å². The molecule has 7 nitrogen and oxygen atoms in total. The summed E-state index contributed by atoms with van der Waals surface area (Å²) in [7, 11) is 3.28. The summed E-state index contributed by atoms with van der Waals surface area (Å²) in [6.07, 6.45) is 1.52. The van der Waals surface area contributed by atoms with Crippen molar-refractivity contribution < 1.29 is 14.3 Å². The number of hydrogen-bond donors (Lipinski definition) is 1. The third kappa shape index (κ3) is 4.33. The lowest BCUT2D eigenvalue weighted by molar-refractivity contribution is -0.123. The highest BCUT2D eigenvalue weighted by atomic mass is 16.5. The Kier molecular flexibility index (Phi) is 5.51. The van der Waals surface area contributed by atoms with E-state index >= 15 is 0 Å². The highest BCUT2D eigenvalue weighted by molar-refractivity contribution is 5.86. The summed E-state index contributed by atoms with van der Waals surface area (Å²) < 4.78 is 12.1. The Morgan fingerprint density at radius 3 is 2.67 bits per heavy atom. The molecule has 1 heterocycles. The van der Waals surface area contributed by atoms with E-state index < -0.39 is 5.91 Å². The third-order valence-electron chi connectivity index (χ3n) is 3.99. The third-order valence-corrected chi connectivity index (χ3v) is 3.99. The van der Waals surface area contributed by atoms with E-state index in [2.05, 4.69) is 10.5 Å². The summed E-state index contributed by atoms with van der Waals surface area (Å²) >= 11 is 0. The molecule has 138 valence electrons. The van der Waals surface area contributed by atoms with Gasteiger partial charge in [-0.15, -0.1) is 0 Å². The van der Waals surface area contributed by atoms with Crippen LogP contribution in [0.1, 0.15) is 5.56 Å². The first-order chi connectivity index (χ1) is 13.1. The van der Waals surface area contributed by atoms with E-state index in [9.17, 15) is 9.59 Å². The van der Waals surface area contributed by atoms with Crippen molar-refractivity contribution in [2.75, 3.05) is 13.7 Å². The summed E-state index contributed by atoms with van der Waals surface area (Å²) in [5.74, 6) is 0.679. The Labute approximate surface area is 155 Å². The molecule has 3 rings (SSSR count). The van der Waals surface area contributed by atoms with Crippen LogP contribution >= 0.6 is 0 Å². The van der Waals surface area contributed by atoms with E-state index in [0.717, 1.165) is 22.2 Å². The number of aryl methyl sites for hydroxylation is 1. The Morgan fingerprint density at radius 2 is 1.93 bits per heavy atom. The number of ether oxygens (including phenoxy) is 2. The second-order valence-corrected chi connectivity index (χ2v) is 5.78. The van der Waals surface area contributed by atoms with Gasteiger partial charge in [-0.25, -0.2) is 5.43 Å². The minimum absolute atomic E-state index is 0.207. The molecule has 7 heteroatoms. The number of rotatable bonds is 6. The van der Waals surface area contributed by atoms with Crippen LogP contribution in [0.15, 0.2) is 64.5 Å². The summed E-state index contributed by atoms with van der Waals surface area (Å²) in [5, 5.41) is 4.65. The van der Waals surface area contributed by atoms with Gasteiger partial charge >= 0.3 is 0 Å². The van der Waals surface area contributed by atoms with Crippen LogP contribution in [0.25, 0.3) is 10.9 Å². The molecular weight excluding hydrogens is 346 g/mol. The van der Waals surface area contributed by atoms with Gasteiger partial charge in [-0.1, -0.05) is 12.1 Å². The Morgan fingerprint density at radius 1 is 1.19 bits per heavy atom. The molecule has 0 bridgehead atoms. The van der Waals surface area contributed by atoms with E-state index in [4.69, 9.17) is 9.47 Å². The second kappa shape index (κ2) is 8.18. The van der Waals surface area contributed by atoms with Crippen molar-refractivity contribution in [3.05, 3.63) is 70.5 Å². The molecule has 3 aromatic rings. The Hall–Kier alpha value is -3.61. The maximum Gasteiger partial charge on any atom is 0.277 e. The van der Waals surface area contributed by atoms with Gasteiger partial charge in [0.05, 0.1) is 18.8 Å². The van der Waals surface area contributed by atoms with Crippen LogP contribution < -0.4 is 20.5 Å². The minimum atomic E-state index is -0.426. The molecule has 0 aliphatic heterocycles.